The molecule has 2 atom stereocenters. The second kappa shape index (κ2) is 17.2. The summed E-state index contributed by atoms with van der Waals surface area (Å²) in [6, 6.07) is 27.7. The maximum Gasteiger partial charge on any atom is 0.348 e. The predicted octanol–water partition coefficient (Wildman–Crippen LogP) is 4.13. The number of fused-ring (bicyclic) bond motifs is 2. The van der Waals surface area contributed by atoms with E-state index in [1.807, 2.05) is 109 Å². The number of aromatic nitrogens is 3. The first-order chi connectivity index (χ1) is 27.2. The highest BCUT2D eigenvalue weighted by Crippen LogP contribution is 2.33. The molecular weight excluding hydrogens is 707 g/mol. The number of nitrogens with one attached hydrogen (secondary N) is 2. The van der Waals surface area contributed by atoms with Crippen LogP contribution in [0.5, 0.6) is 0 Å². The minimum Gasteiger partial charge on any atom is -0.356 e. The molecule has 290 valence electrons. The summed E-state index contributed by atoms with van der Waals surface area (Å²) in [5.74, 6) is -0.481. The van der Waals surface area contributed by atoms with Crippen molar-refractivity contribution >= 4 is 28.5 Å². The van der Waals surface area contributed by atoms with E-state index in [9.17, 15) is 24.0 Å². The first-order valence-corrected chi connectivity index (χ1v) is 19.4. The highest BCUT2D eigenvalue weighted by atomic mass is 16.2. The van der Waals surface area contributed by atoms with Crippen molar-refractivity contribution in [1.82, 2.24) is 29.5 Å². The van der Waals surface area contributed by atoms with Crippen molar-refractivity contribution in [2.24, 2.45) is 11.7 Å². The van der Waals surface area contributed by atoms with Gasteiger partial charge in [0.15, 0.2) is 6.04 Å². The van der Waals surface area contributed by atoms with Gasteiger partial charge in [-0.1, -0.05) is 109 Å². The maximum atomic E-state index is 14.4. The van der Waals surface area contributed by atoms with Crippen molar-refractivity contribution in [2.45, 2.75) is 70.7 Å². The Kier molecular flexibility index (Phi) is 11.8. The predicted molar refractivity (Wildman–Crippen MR) is 216 cm³/mol. The summed E-state index contributed by atoms with van der Waals surface area (Å²) in [5, 5.41) is 7.82. The Morgan fingerprint density at radius 2 is 1.45 bits per heavy atom. The summed E-state index contributed by atoms with van der Waals surface area (Å²) in [6.45, 7) is 4.17. The van der Waals surface area contributed by atoms with Crippen LogP contribution in [0.4, 0.5) is 0 Å². The fraction of sp³-hybridized carbons (Fsp3) is 0.341. The van der Waals surface area contributed by atoms with Crippen molar-refractivity contribution in [3.05, 3.63) is 152 Å². The van der Waals surface area contributed by atoms with Crippen molar-refractivity contribution < 1.29 is 14.4 Å². The van der Waals surface area contributed by atoms with Crippen molar-refractivity contribution in [1.29, 1.82) is 0 Å². The molecule has 3 heterocycles. The second-order valence-corrected chi connectivity index (χ2v) is 14.9. The van der Waals surface area contributed by atoms with Crippen LogP contribution in [0.25, 0.3) is 10.8 Å². The number of piperidine rings is 1. The SMILES string of the molecule is Cc1ccc(CC(=O)NCCCC(=O)N2CCC(C3C=CC(C(=O)NCc4ccc(CN)cc4)n4c(=O)n(Cc5cccc6ccccc56)c(=O)n43)CC2)cc1. The van der Waals surface area contributed by atoms with Gasteiger partial charge in [0.2, 0.25) is 17.7 Å². The van der Waals surface area contributed by atoms with Gasteiger partial charge in [0.25, 0.3) is 0 Å². The smallest absolute Gasteiger partial charge is 0.348 e. The van der Waals surface area contributed by atoms with Crippen LogP contribution in [-0.2, 0) is 40.4 Å². The molecule has 2 aliphatic rings. The van der Waals surface area contributed by atoms with Crippen LogP contribution in [0.3, 0.4) is 0 Å². The number of carbonyl (C=O) groups is 3. The van der Waals surface area contributed by atoms with Crippen LogP contribution in [0, 0.1) is 12.8 Å². The van der Waals surface area contributed by atoms with Crippen LogP contribution >= 0.6 is 0 Å². The molecule has 0 radical (unpaired) electrons. The van der Waals surface area contributed by atoms with E-state index in [-0.39, 0.29) is 30.8 Å². The first-order valence-electron chi connectivity index (χ1n) is 19.4. The lowest BCUT2D eigenvalue weighted by Crippen LogP contribution is -2.46. The molecule has 2 aliphatic heterocycles. The summed E-state index contributed by atoms with van der Waals surface area (Å²) in [5.41, 5.74) is 9.49. The van der Waals surface area contributed by atoms with Gasteiger partial charge < -0.3 is 21.3 Å². The zero-order valence-corrected chi connectivity index (χ0v) is 31.7. The van der Waals surface area contributed by atoms with Crippen molar-refractivity contribution in [2.75, 3.05) is 19.6 Å². The molecule has 4 N–H and O–H groups in total. The molecule has 0 bridgehead atoms. The third-order valence-electron chi connectivity index (χ3n) is 11.1. The zero-order valence-electron chi connectivity index (χ0n) is 31.7. The normalized spacial score (nSPS) is 16.8. The zero-order chi connectivity index (χ0) is 39.2. The Bertz CT molecular complexity index is 2340. The van der Waals surface area contributed by atoms with Gasteiger partial charge in [-0.15, -0.1) is 0 Å². The molecule has 7 rings (SSSR count). The van der Waals surface area contributed by atoms with Gasteiger partial charge in [0.1, 0.15) is 0 Å². The van der Waals surface area contributed by atoms with E-state index in [4.69, 9.17) is 5.73 Å². The Morgan fingerprint density at radius 1 is 0.768 bits per heavy atom. The molecule has 0 saturated carbocycles. The molecule has 0 spiro atoms. The fourth-order valence-corrected chi connectivity index (χ4v) is 7.87. The van der Waals surface area contributed by atoms with Gasteiger partial charge in [-0.25, -0.2) is 23.5 Å². The molecule has 5 aromatic rings. The molecule has 1 fully saturated rings. The Balaban J connectivity index is 1.04. The number of hydrogen-bond donors (Lipinski definition) is 3. The Hall–Kier alpha value is -6.01. The van der Waals surface area contributed by atoms with Crippen LogP contribution in [-0.4, -0.2) is 56.2 Å². The number of nitrogens with two attached hydrogens (primary N) is 1. The van der Waals surface area contributed by atoms with Crippen LogP contribution < -0.4 is 27.7 Å². The largest absolute Gasteiger partial charge is 0.356 e. The lowest BCUT2D eigenvalue weighted by molar-refractivity contribution is -0.133. The molecule has 56 heavy (non-hydrogen) atoms. The highest BCUT2D eigenvalue weighted by Gasteiger charge is 2.37. The summed E-state index contributed by atoms with van der Waals surface area (Å²) in [4.78, 5) is 69.8. The van der Waals surface area contributed by atoms with Crippen LogP contribution in [0.15, 0.2) is 113 Å². The summed E-state index contributed by atoms with van der Waals surface area (Å²) < 4.78 is 4.01. The monoisotopic (exact) mass is 755 g/mol. The number of benzene rings is 4. The summed E-state index contributed by atoms with van der Waals surface area (Å²) in [6.07, 6.45) is 6.02. The maximum absolute atomic E-state index is 14.4. The van der Waals surface area contributed by atoms with Gasteiger partial charge in [0.05, 0.1) is 19.0 Å². The van der Waals surface area contributed by atoms with E-state index in [2.05, 4.69) is 10.6 Å². The third-order valence-corrected chi connectivity index (χ3v) is 11.1. The number of hydrogen-bond acceptors (Lipinski definition) is 6. The molecule has 1 saturated heterocycles. The van der Waals surface area contributed by atoms with E-state index in [0.717, 1.165) is 38.6 Å². The topological polar surface area (TPSA) is 153 Å². The minimum absolute atomic E-state index is 0.0279. The summed E-state index contributed by atoms with van der Waals surface area (Å²) in [7, 11) is 0. The Morgan fingerprint density at radius 3 is 2.20 bits per heavy atom. The molecule has 2 unspecified atom stereocenters. The lowest BCUT2D eigenvalue weighted by atomic mass is 9.88. The van der Waals surface area contributed by atoms with Gasteiger partial charge in [0, 0.05) is 39.1 Å². The van der Waals surface area contributed by atoms with E-state index in [0.29, 0.717) is 58.3 Å². The third kappa shape index (κ3) is 8.45. The second-order valence-electron chi connectivity index (χ2n) is 14.9. The number of aryl methyl sites for hydroxylation is 1. The molecular formula is C44H49N7O5. The quantitative estimate of drug-likeness (QED) is 0.121. The standard InChI is InChI=1S/C44H49N7O5/c1-30-11-13-31(14-12-30)26-40(52)46-23-5-10-41(53)48-24-21-35(22-25-48)38-19-20-39(42(54)47-28-33-17-15-32(27-45)16-18-33)51-44(56)49(43(55)50(38)51)29-36-8-4-7-34-6-2-3-9-37(34)36/h2-4,6-9,11-20,35,38-39H,5,10,21-29,45H2,1H3,(H,46,52)(H,47,54). The first kappa shape index (κ1) is 38.3. The Labute approximate surface area is 325 Å². The number of amides is 3. The molecule has 12 heteroatoms. The van der Waals surface area contributed by atoms with Gasteiger partial charge in [-0.3, -0.25) is 14.4 Å². The van der Waals surface area contributed by atoms with Crippen molar-refractivity contribution in [3.8, 4) is 0 Å². The minimum atomic E-state index is -1.03. The molecule has 3 amide bonds. The molecule has 0 aliphatic carbocycles. The lowest BCUT2D eigenvalue weighted by Gasteiger charge is -2.37. The number of rotatable bonds is 13. The van der Waals surface area contributed by atoms with Gasteiger partial charge >= 0.3 is 11.4 Å². The van der Waals surface area contributed by atoms with E-state index in [1.54, 1.807) is 6.08 Å². The fourth-order valence-electron chi connectivity index (χ4n) is 7.87. The summed E-state index contributed by atoms with van der Waals surface area (Å²) >= 11 is 0. The number of likely N-dealkylation sites (tertiary alicyclic amines) is 1. The average Bonchev–Trinajstić information content (AvgIpc) is 3.47. The number of carbonyl (C=O) groups excluding carboxylic acids is 3. The molecule has 1 aromatic heterocycles. The van der Waals surface area contributed by atoms with E-state index < -0.39 is 29.4 Å². The average molecular weight is 756 g/mol. The van der Waals surface area contributed by atoms with Gasteiger partial charge in [-0.05, 0) is 65.1 Å². The van der Waals surface area contributed by atoms with Crippen LogP contribution in [0.2, 0.25) is 0 Å². The van der Waals surface area contributed by atoms with Gasteiger partial charge in [-0.2, -0.15) is 0 Å². The van der Waals surface area contributed by atoms with Crippen LogP contribution in [0.1, 0.15) is 65.6 Å². The van der Waals surface area contributed by atoms with E-state index in [1.165, 1.54) is 13.9 Å². The van der Waals surface area contributed by atoms with E-state index >= 15 is 0 Å². The molecule has 12 nitrogen and oxygen atoms in total. The number of nitrogens with zero attached hydrogens (tertiary/aromatic N) is 4. The number of allylic oxidation sites excluding steroid dienone is 1. The highest BCUT2D eigenvalue weighted by molar-refractivity contribution is 5.85. The molecule has 4 aromatic carbocycles. The van der Waals surface area contributed by atoms with Crippen molar-refractivity contribution in [3.63, 3.8) is 0 Å².